The van der Waals surface area contributed by atoms with E-state index in [0.29, 0.717) is 19.0 Å². The fourth-order valence-electron chi connectivity index (χ4n) is 2.58. The second-order valence-electron chi connectivity index (χ2n) is 6.30. The Hall–Kier alpha value is -2.76. The summed E-state index contributed by atoms with van der Waals surface area (Å²) < 4.78 is 5.36. The first-order valence-electron chi connectivity index (χ1n) is 8.70. The Morgan fingerprint density at radius 2 is 2.08 bits per heavy atom. The summed E-state index contributed by atoms with van der Waals surface area (Å²) in [6, 6.07) is 12.4. The monoisotopic (exact) mass is 339 g/mol. The highest BCUT2D eigenvalue weighted by atomic mass is 16.5. The van der Waals surface area contributed by atoms with Gasteiger partial charge in [0.05, 0.1) is 18.8 Å². The molecule has 0 fully saturated rings. The van der Waals surface area contributed by atoms with Crippen LogP contribution in [0.4, 0.5) is 0 Å². The number of nitrogens with zero attached hydrogens (tertiary/aromatic N) is 2. The van der Waals surface area contributed by atoms with Crippen LogP contribution >= 0.6 is 0 Å². The van der Waals surface area contributed by atoms with Crippen LogP contribution in [0.2, 0.25) is 0 Å². The molecule has 3 rings (SSSR count). The molecule has 0 aliphatic rings. The van der Waals surface area contributed by atoms with Crippen molar-refractivity contribution in [2.24, 2.45) is 4.99 Å². The van der Waals surface area contributed by atoms with Crippen LogP contribution in [-0.4, -0.2) is 22.6 Å². The van der Waals surface area contributed by atoms with E-state index in [1.165, 1.54) is 5.39 Å². The van der Waals surface area contributed by atoms with E-state index >= 15 is 0 Å². The Balaban J connectivity index is 1.63. The molecule has 0 aliphatic carbocycles. The highest BCUT2D eigenvalue weighted by Gasteiger charge is 2.08. The van der Waals surface area contributed by atoms with Gasteiger partial charge in [0.25, 0.3) is 0 Å². The molecule has 0 saturated carbocycles. The van der Waals surface area contributed by atoms with Gasteiger partial charge in [-0.3, -0.25) is 0 Å². The first-order chi connectivity index (χ1) is 12.2. The smallest absolute Gasteiger partial charge is 0.192 e. The van der Waals surface area contributed by atoms with Crippen LogP contribution in [0.1, 0.15) is 43.8 Å². The summed E-state index contributed by atoms with van der Waals surface area (Å²) in [6.07, 6.45) is 0. The molecule has 3 N–H and O–H groups in total. The van der Waals surface area contributed by atoms with E-state index in [-0.39, 0.29) is 0 Å². The lowest BCUT2D eigenvalue weighted by molar-refractivity contribution is 0.372. The summed E-state index contributed by atoms with van der Waals surface area (Å²) in [5.74, 6) is 1.92. The van der Waals surface area contributed by atoms with Gasteiger partial charge in [0.1, 0.15) is 0 Å². The van der Waals surface area contributed by atoms with Crippen LogP contribution in [0.5, 0.6) is 0 Å². The van der Waals surface area contributed by atoms with Gasteiger partial charge in [0.2, 0.25) is 0 Å². The molecule has 1 aromatic carbocycles. The van der Waals surface area contributed by atoms with E-state index in [9.17, 15) is 0 Å². The van der Waals surface area contributed by atoms with Gasteiger partial charge in [0, 0.05) is 23.8 Å². The van der Waals surface area contributed by atoms with Crippen molar-refractivity contribution in [2.45, 2.75) is 39.8 Å². The van der Waals surface area contributed by atoms with Gasteiger partial charge in [-0.25, -0.2) is 4.99 Å². The molecule has 6 heteroatoms. The second-order valence-corrected chi connectivity index (χ2v) is 6.30. The maximum absolute atomic E-state index is 5.36. The summed E-state index contributed by atoms with van der Waals surface area (Å²) >= 11 is 0. The van der Waals surface area contributed by atoms with Crippen molar-refractivity contribution in [3.63, 3.8) is 0 Å². The van der Waals surface area contributed by atoms with E-state index < -0.39 is 0 Å². The zero-order chi connectivity index (χ0) is 17.6. The molecular formula is C19H25N5O. The molecule has 0 radical (unpaired) electrons. The van der Waals surface area contributed by atoms with Crippen molar-refractivity contribution >= 4 is 16.9 Å². The molecule has 0 unspecified atom stereocenters. The SMILES string of the molecule is CCNC(=NCc1cc2ccccc2[nH]1)NCc1cc(C(C)C)no1. The van der Waals surface area contributed by atoms with Gasteiger partial charge >= 0.3 is 0 Å². The van der Waals surface area contributed by atoms with Crippen molar-refractivity contribution in [3.8, 4) is 0 Å². The standard InChI is InChI=1S/C19H25N5O/c1-4-20-19(22-12-16-10-18(13(2)3)24-25-16)21-11-15-9-14-7-5-6-8-17(14)23-15/h5-10,13,23H,4,11-12H2,1-3H3,(H2,20,21,22). The molecule has 132 valence electrons. The average molecular weight is 339 g/mol. The van der Waals surface area contributed by atoms with Crippen LogP contribution in [0.3, 0.4) is 0 Å². The Kier molecular flexibility index (Phi) is 5.38. The Morgan fingerprint density at radius 3 is 2.80 bits per heavy atom. The molecule has 2 aromatic heterocycles. The lowest BCUT2D eigenvalue weighted by atomic mass is 10.1. The third kappa shape index (κ3) is 4.41. The molecule has 0 saturated heterocycles. The zero-order valence-corrected chi connectivity index (χ0v) is 15.0. The van der Waals surface area contributed by atoms with E-state index in [0.717, 1.165) is 35.2 Å². The van der Waals surface area contributed by atoms with Crippen molar-refractivity contribution in [1.29, 1.82) is 0 Å². The molecule has 0 spiro atoms. The zero-order valence-electron chi connectivity index (χ0n) is 15.0. The van der Waals surface area contributed by atoms with Gasteiger partial charge in [-0.15, -0.1) is 0 Å². The summed E-state index contributed by atoms with van der Waals surface area (Å²) in [5.41, 5.74) is 3.19. The number of benzene rings is 1. The van der Waals surface area contributed by atoms with Gasteiger partial charge in [-0.2, -0.15) is 0 Å². The van der Waals surface area contributed by atoms with E-state index in [1.54, 1.807) is 0 Å². The van der Waals surface area contributed by atoms with Gasteiger partial charge in [0.15, 0.2) is 11.7 Å². The number of hydrogen-bond acceptors (Lipinski definition) is 3. The highest BCUT2D eigenvalue weighted by Crippen LogP contribution is 2.15. The number of fused-ring (bicyclic) bond motifs is 1. The lowest BCUT2D eigenvalue weighted by Crippen LogP contribution is -2.36. The van der Waals surface area contributed by atoms with Crippen LogP contribution < -0.4 is 10.6 Å². The summed E-state index contributed by atoms with van der Waals surface area (Å²) in [7, 11) is 0. The largest absolute Gasteiger partial charge is 0.359 e. The fourth-order valence-corrected chi connectivity index (χ4v) is 2.58. The van der Waals surface area contributed by atoms with E-state index in [1.807, 2.05) is 25.1 Å². The highest BCUT2D eigenvalue weighted by molar-refractivity contribution is 5.81. The topological polar surface area (TPSA) is 78.2 Å². The van der Waals surface area contributed by atoms with Crippen LogP contribution in [0.15, 0.2) is 45.9 Å². The number of aliphatic imine (C=N–C) groups is 1. The Morgan fingerprint density at radius 1 is 1.24 bits per heavy atom. The second kappa shape index (κ2) is 7.88. The Bertz CT molecular complexity index is 813. The van der Waals surface area contributed by atoms with Gasteiger partial charge < -0.3 is 20.1 Å². The minimum atomic E-state index is 0.362. The molecule has 6 nitrogen and oxygen atoms in total. The average Bonchev–Trinajstić information content (AvgIpc) is 3.23. The third-order valence-electron chi connectivity index (χ3n) is 3.94. The summed E-state index contributed by atoms with van der Waals surface area (Å²) in [6.45, 7) is 8.18. The summed E-state index contributed by atoms with van der Waals surface area (Å²) in [4.78, 5) is 8.03. The number of aromatic amines is 1. The molecular weight excluding hydrogens is 314 g/mol. The number of hydrogen-bond donors (Lipinski definition) is 3. The Labute approximate surface area is 147 Å². The molecule has 2 heterocycles. The number of aromatic nitrogens is 2. The van der Waals surface area contributed by atoms with Gasteiger partial charge in [-0.1, -0.05) is 37.2 Å². The molecule has 3 aromatic rings. The van der Waals surface area contributed by atoms with Crippen LogP contribution in [-0.2, 0) is 13.1 Å². The number of rotatable bonds is 6. The number of guanidine groups is 1. The van der Waals surface area contributed by atoms with Crippen molar-refractivity contribution in [2.75, 3.05) is 6.54 Å². The quantitative estimate of drug-likeness (QED) is 0.474. The van der Waals surface area contributed by atoms with Crippen molar-refractivity contribution in [3.05, 3.63) is 53.5 Å². The molecule has 0 amide bonds. The fraction of sp³-hybridized carbons (Fsp3) is 0.368. The van der Waals surface area contributed by atoms with Crippen LogP contribution in [0, 0.1) is 0 Å². The molecule has 0 atom stereocenters. The molecule has 0 aliphatic heterocycles. The normalized spacial score (nSPS) is 12.1. The number of para-hydroxylation sites is 1. The minimum Gasteiger partial charge on any atom is -0.359 e. The molecule has 25 heavy (non-hydrogen) atoms. The maximum Gasteiger partial charge on any atom is 0.192 e. The van der Waals surface area contributed by atoms with Crippen molar-refractivity contribution < 1.29 is 4.52 Å². The third-order valence-corrected chi connectivity index (χ3v) is 3.94. The van der Waals surface area contributed by atoms with E-state index in [4.69, 9.17) is 4.52 Å². The predicted molar refractivity (Wildman–Crippen MR) is 101 cm³/mol. The molecule has 0 bridgehead atoms. The maximum atomic E-state index is 5.36. The van der Waals surface area contributed by atoms with Gasteiger partial charge in [-0.05, 0) is 30.4 Å². The van der Waals surface area contributed by atoms with Crippen LogP contribution in [0.25, 0.3) is 10.9 Å². The lowest BCUT2D eigenvalue weighted by Gasteiger charge is -2.09. The van der Waals surface area contributed by atoms with Crippen molar-refractivity contribution in [1.82, 2.24) is 20.8 Å². The minimum absolute atomic E-state index is 0.362. The summed E-state index contributed by atoms with van der Waals surface area (Å²) in [5, 5.41) is 11.8. The predicted octanol–water partition coefficient (Wildman–Crippen LogP) is 3.53. The first-order valence-corrected chi connectivity index (χ1v) is 8.70. The van der Waals surface area contributed by atoms with E-state index in [2.05, 4.69) is 57.8 Å². The number of nitrogens with one attached hydrogen (secondary N) is 3. The first kappa shape index (κ1) is 17.1. The number of H-pyrrole nitrogens is 1.